The van der Waals surface area contributed by atoms with Crippen LogP contribution in [0.25, 0.3) is 0 Å². The molecule has 2 rings (SSSR count). The molecule has 1 N–H and O–H groups in total. The summed E-state index contributed by atoms with van der Waals surface area (Å²) in [5.41, 5.74) is 5.10. The fourth-order valence-corrected chi connectivity index (χ4v) is 2.90. The number of nitrogens with one attached hydrogen (secondary N) is 1. The van der Waals surface area contributed by atoms with Crippen LogP contribution >= 0.6 is 12.2 Å². The second-order valence-corrected chi connectivity index (χ2v) is 6.52. The van der Waals surface area contributed by atoms with Crippen molar-refractivity contribution in [2.75, 3.05) is 27.9 Å². The molecule has 0 saturated carbocycles. The van der Waals surface area contributed by atoms with Crippen LogP contribution < -0.4 is 14.8 Å². The zero-order valence-electron chi connectivity index (χ0n) is 16.5. The minimum Gasteiger partial charge on any atom is -0.493 e. The molecule has 0 saturated heterocycles. The van der Waals surface area contributed by atoms with Crippen LogP contribution in [-0.2, 0) is 11.3 Å². The fraction of sp³-hybridized carbons (Fsp3) is 0.333. The molecule has 2 aromatic rings. The number of thiocarbonyl (C=S) groups is 1. The van der Waals surface area contributed by atoms with Crippen molar-refractivity contribution in [3.05, 3.63) is 58.7 Å². The summed E-state index contributed by atoms with van der Waals surface area (Å²) < 4.78 is 10.6. The normalized spacial score (nSPS) is 11.1. The second kappa shape index (κ2) is 9.92. The van der Waals surface area contributed by atoms with Gasteiger partial charge in [-0.15, -0.1) is 0 Å². The van der Waals surface area contributed by atoms with Crippen molar-refractivity contribution >= 4 is 22.9 Å². The first-order chi connectivity index (χ1) is 13.0. The fourth-order valence-electron chi connectivity index (χ4n) is 2.65. The Kier molecular flexibility index (Phi) is 7.61. The summed E-state index contributed by atoms with van der Waals surface area (Å²) in [5, 5.41) is 7.38. The van der Waals surface area contributed by atoms with E-state index in [9.17, 15) is 0 Å². The molecule has 0 bridgehead atoms. The van der Waals surface area contributed by atoms with Crippen molar-refractivity contribution in [1.29, 1.82) is 0 Å². The number of oxime groups is 1. The number of hydrogen-bond acceptors (Lipinski definition) is 5. The maximum Gasteiger partial charge on any atom is 0.160 e. The van der Waals surface area contributed by atoms with Gasteiger partial charge in [0.05, 0.1) is 14.2 Å². The third-order valence-corrected chi connectivity index (χ3v) is 4.66. The molecule has 0 spiro atoms. The largest absolute Gasteiger partial charge is 0.493 e. The Balaban J connectivity index is 2.04. The van der Waals surface area contributed by atoms with Gasteiger partial charge in [-0.1, -0.05) is 35.6 Å². The van der Waals surface area contributed by atoms with Gasteiger partial charge in [0, 0.05) is 12.1 Å². The topological polar surface area (TPSA) is 52.1 Å². The van der Waals surface area contributed by atoms with Crippen molar-refractivity contribution in [3.8, 4) is 11.5 Å². The van der Waals surface area contributed by atoms with Gasteiger partial charge in [-0.25, -0.2) is 0 Å². The molecule has 0 aliphatic carbocycles. The molecule has 5 nitrogen and oxygen atoms in total. The third kappa shape index (κ3) is 5.44. The molecule has 0 aliphatic heterocycles. The molecular weight excluding hydrogens is 360 g/mol. The Labute approximate surface area is 166 Å². The van der Waals surface area contributed by atoms with E-state index in [1.807, 2.05) is 24.3 Å². The lowest BCUT2D eigenvalue weighted by atomic mass is 10.0. The first kappa shape index (κ1) is 20.7. The van der Waals surface area contributed by atoms with Crippen LogP contribution in [0, 0.1) is 13.8 Å². The Morgan fingerprint density at radius 1 is 0.963 bits per heavy atom. The van der Waals surface area contributed by atoms with E-state index >= 15 is 0 Å². The summed E-state index contributed by atoms with van der Waals surface area (Å²) in [4.78, 5) is 5.56. The van der Waals surface area contributed by atoms with Crippen molar-refractivity contribution in [3.63, 3.8) is 0 Å². The van der Waals surface area contributed by atoms with Crippen molar-refractivity contribution in [2.24, 2.45) is 5.16 Å². The van der Waals surface area contributed by atoms with E-state index in [2.05, 4.69) is 36.5 Å². The highest BCUT2D eigenvalue weighted by molar-refractivity contribution is 7.82. The minimum absolute atomic E-state index is 0.556. The number of benzene rings is 2. The number of rotatable bonds is 8. The van der Waals surface area contributed by atoms with Crippen molar-refractivity contribution < 1.29 is 14.3 Å². The highest BCUT2D eigenvalue weighted by atomic mass is 32.1. The molecule has 6 heteroatoms. The first-order valence-corrected chi connectivity index (χ1v) is 9.08. The van der Waals surface area contributed by atoms with E-state index in [4.69, 9.17) is 26.5 Å². The second-order valence-electron chi connectivity index (χ2n) is 6.12. The molecule has 0 atom stereocenters. The standard InChI is InChI=1S/C21H26N2O3S/c1-14-6-8-17(12-15(14)2)20(23-26-5)21(27)22-11-10-16-7-9-18(24-3)19(13-16)25-4/h6-9,12-13H,10-11H2,1-5H3,(H,22,27)/b23-20+. The van der Waals surface area contributed by atoms with Crippen molar-refractivity contribution in [1.82, 2.24) is 5.32 Å². The predicted octanol–water partition coefficient (Wildman–Crippen LogP) is 3.83. The molecular formula is C21H26N2O3S. The SMILES string of the molecule is CO/N=C(/C(=S)NCCc1ccc(OC)c(OC)c1)c1ccc(C)c(C)c1. The summed E-state index contributed by atoms with van der Waals surface area (Å²) in [7, 11) is 4.78. The average molecular weight is 387 g/mol. The number of ether oxygens (including phenoxy) is 2. The van der Waals surface area contributed by atoms with Gasteiger partial charge in [0.15, 0.2) is 11.5 Å². The van der Waals surface area contributed by atoms with Gasteiger partial charge >= 0.3 is 0 Å². The Bertz CT molecular complexity index is 834. The van der Waals surface area contributed by atoms with E-state index < -0.39 is 0 Å². The van der Waals surface area contributed by atoms with Crippen LogP contribution in [-0.4, -0.2) is 38.6 Å². The lowest BCUT2D eigenvalue weighted by Gasteiger charge is -2.13. The number of nitrogens with zero attached hydrogens (tertiary/aromatic N) is 1. The van der Waals surface area contributed by atoms with Gasteiger partial charge in [-0.3, -0.25) is 0 Å². The van der Waals surface area contributed by atoms with E-state index in [1.54, 1.807) is 14.2 Å². The molecule has 2 aromatic carbocycles. The highest BCUT2D eigenvalue weighted by Gasteiger charge is 2.12. The van der Waals surface area contributed by atoms with E-state index in [0.29, 0.717) is 28.7 Å². The van der Waals surface area contributed by atoms with Crippen molar-refractivity contribution in [2.45, 2.75) is 20.3 Å². The minimum atomic E-state index is 0.556. The summed E-state index contributed by atoms with van der Waals surface area (Å²) in [6, 6.07) is 12.0. The summed E-state index contributed by atoms with van der Waals surface area (Å²) >= 11 is 5.54. The predicted molar refractivity (Wildman–Crippen MR) is 113 cm³/mol. The molecule has 0 amide bonds. The zero-order chi connectivity index (χ0) is 19.8. The molecule has 0 aromatic heterocycles. The molecule has 27 heavy (non-hydrogen) atoms. The van der Waals surface area contributed by atoms with E-state index in [0.717, 1.165) is 17.5 Å². The Morgan fingerprint density at radius 2 is 1.70 bits per heavy atom. The van der Waals surface area contributed by atoms with Crippen LogP contribution in [0.1, 0.15) is 22.3 Å². The first-order valence-electron chi connectivity index (χ1n) is 8.68. The third-order valence-electron chi connectivity index (χ3n) is 4.33. The van der Waals surface area contributed by atoms with Gasteiger partial charge in [-0.05, 0) is 55.2 Å². The van der Waals surface area contributed by atoms with Crippen LogP contribution in [0.2, 0.25) is 0 Å². The van der Waals surface area contributed by atoms with Gasteiger partial charge < -0.3 is 19.6 Å². The van der Waals surface area contributed by atoms with Crippen LogP contribution in [0.5, 0.6) is 11.5 Å². The average Bonchev–Trinajstić information content (AvgIpc) is 2.68. The smallest absolute Gasteiger partial charge is 0.160 e. The summed E-state index contributed by atoms with van der Waals surface area (Å²) in [5.74, 6) is 1.43. The highest BCUT2D eigenvalue weighted by Crippen LogP contribution is 2.27. The van der Waals surface area contributed by atoms with Crippen LogP contribution in [0.15, 0.2) is 41.6 Å². The lowest BCUT2D eigenvalue weighted by molar-refractivity contribution is 0.214. The van der Waals surface area contributed by atoms with Gasteiger partial charge in [-0.2, -0.15) is 0 Å². The Morgan fingerprint density at radius 3 is 2.33 bits per heavy atom. The van der Waals surface area contributed by atoms with Gasteiger partial charge in [0.25, 0.3) is 0 Å². The molecule has 0 fully saturated rings. The molecule has 0 unspecified atom stereocenters. The van der Waals surface area contributed by atoms with Gasteiger partial charge in [0.1, 0.15) is 17.8 Å². The number of methoxy groups -OCH3 is 2. The maximum absolute atomic E-state index is 5.54. The van der Waals surface area contributed by atoms with Crippen LogP contribution in [0.3, 0.4) is 0 Å². The molecule has 0 heterocycles. The number of aryl methyl sites for hydroxylation is 2. The molecule has 144 valence electrons. The van der Waals surface area contributed by atoms with Crippen LogP contribution in [0.4, 0.5) is 0 Å². The molecule has 0 radical (unpaired) electrons. The van der Waals surface area contributed by atoms with Gasteiger partial charge in [0.2, 0.25) is 0 Å². The van der Waals surface area contributed by atoms with E-state index in [-0.39, 0.29) is 0 Å². The monoisotopic (exact) mass is 386 g/mol. The zero-order valence-corrected chi connectivity index (χ0v) is 17.3. The molecule has 0 aliphatic rings. The summed E-state index contributed by atoms with van der Waals surface area (Å²) in [6.45, 7) is 4.81. The number of hydrogen-bond donors (Lipinski definition) is 1. The maximum atomic E-state index is 5.54. The van der Waals surface area contributed by atoms with E-state index in [1.165, 1.54) is 18.2 Å². The summed E-state index contributed by atoms with van der Waals surface area (Å²) in [6.07, 6.45) is 0.785. The lowest BCUT2D eigenvalue weighted by Crippen LogP contribution is -2.31. The quantitative estimate of drug-likeness (QED) is 0.424. The Hall–Kier alpha value is -2.60.